The maximum Gasteiger partial charge on any atom is 0.309 e. The Morgan fingerprint density at radius 1 is 1.13 bits per heavy atom. The summed E-state index contributed by atoms with van der Waals surface area (Å²) < 4.78 is 10.0. The molecule has 0 aromatic carbocycles. The predicted molar refractivity (Wildman–Crippen MR) is 88.4 cm³/mol. The fraction of sp³-hybridized carbons (Fsp3) is 0.833. The van der Waals surface area contributed by atoms with Gasteiger partial charge >= 0.3 is 11.9 Å². The Hall–Kier alpha value is -1.57. The molecule has 0 aromatic heterocycles. The average Bonchev–Trinajstić information content (AvgIpc) is 2.51. The molecule has 0 radical (unpaired) electrons. The Bertz CT molecular complexity index is 414. The number of hydrogen-bond acceptors (Lipinski definition) is 5. The van der Waals surface area contributed by atoms with E-state index in [1.807, 2.05) is 6.92 Å². The summed E-state index contributed by atoms with van der Waals surface area (Å²) >= 11 is 0. The molecule has 0 rings (SSSR count). The number of nitrogens with zero attached hydrogens (tertiary/aromatic N) is 1. The molecule has 0 aliphatic rings. The van der Waals surface area contributed by atoms with Crippen LogP contribution in [0, 0.1) is 28.6 Å². The van der Waals surface area contributed by atoms with Crippen molar-refractivity contribution in [2.75, 3.05) is 13.2 Å². The van der Waals surface area contributed by atoms with Crippen molar-refractivity contribution in [3.05, 3.63) is 0 Å². The van der Waals surface area contributed by atoms with Crippen LogP contribution in [0.5, 0.6) is 0 Å². The van der Waals surface area contributed by atoms with Gasteiger partial charge in [-0.25, -0.2) is 0 Å². The fourth-order valence-electron chi connectivity index (χ4n) is 2.56. The molecule has 0 aliphatic heterocycles. The highest BCUT2D eigenvalue weighted by atomic mass is 16.5. The third-order valence-corrected chi connectivity index (χ3v) is 4.09. The highest BCUT2D eigenvalue weighted by molar-refractivity contribution is 5.80. The third-order valence-electron chi connectivity index (χ3n) is 4.09. The molecule has 2 unspecified atom stereocenters. The average molecular weight is 325 g/mol. The van der Waals surface area contributed by atoms with Gasteiger partial charge in [0, 0.05) is 0 Å². The first-order valence-corrected chi connectivity index (χ1v) is 8.57. The van der Waals surface area contributed by atoms with Crippen LogP contribution in [-0.2, 0) is 19.1 Å². The van der Waals surface area contributed by atoms with Crippen LogP contribution in [0.1, 0.15) is 66.7 Å². The molecule has 0 aromatic rings. The van der Waals surface area contributed by atoms with Crippen molar-refractivity contribution in [2.45, 2.75) is 66.7 Å². The lowest BCUT2D eigenvalue weighted by Crippen LogP contribution is -2.30. The Labute approximate surface area is 140 Å². The summed E-state index contributed by atoms with van der Waals surface area (Å²) in [5.41, 5.74) is -0.603. The largest absolute Gasteiger partial charge is 0.466 e. The van der Waals surface area contributed by atoms with Gasteiger partial charge in [0.2, 0.25) is 0 Å². The van der Waals surface area contributed by atoms with E-state index in [1.165, 1.54) is 0 Å². The Morgan fingerprint density at radius 3 is 2.17 bits per heavy atom. The summed E-state index contributed by atoms with van der Waals surface area (Å²) in [5.74, 6) is -0.975. The van der Waals surface area contributed by atoms with Crippen molar-refractivity contribution in [3.63, 3.8) is 0 Å². The second-order valence-corrected chi connectivity index (χ2v) is 6.34. The number of rotatable bonds is 11. The Kier molecular flexibility index (Phi) is 10.3. The molecule has 23 heavy (non-hydrogen) atoms. The maximum atomic E-state index is 12.2. The van der Waals surface area contributed by atoms with Crippen molar-refractivity contribution >= 4 is 11.9 Å². The third kappa shape index (κ3) is 8.01. The number of carbonyl (C=O) groups excluding carboxylic acids is 2. The van der Waals surface area contributed by atoms with Crippen molar-refractivity contribution in [2.24, 2.45) is 17.3 Å². The summed E-state index contributed by atoms with van der Waals surface area (Å²) in [6.45, 7) is 10.2. The highest BCUT2D eigenvalue weighted by Crippen LogP contribution is 2.37. The normalized spacial score (nSPS) is 14.7. The van der Waals surface area contributed by atoms with Crippen LogP contribution in [0.3, 0.4) is 0 Å². The first kappa shape index (κ1) is 21.4. The van der Waals surface area contributed by atoms with Crippen LogP contribution in [0.15, 0.2) is 0 Å². The minimum absolute atomic E-state index is 0.0300. The van der Waals surface area contributed by atoms with Crippen molar-refractivity contribution in [3.8, 4) is 6.07 Å². The van der Waals surface area contributed by atoms with Crippen LogP contribution >= 0.6 is 0 Å². The molecular formula is C18H31NO4. The molecule has 132 valence electrons. The zero-order chi connectivity index (χ0) is 17.9. The lowest BCUT2D eigenvalue weighted by atomic mass is 9.73. The van der Waals surface area contributed by atoms with E-state index in [1.54, 1.807) is 13.8 Å². The van der Waals surface area contributed by atoms with Gasteiger partial charge in [-0.2, -0.15) is 5.26 Å². The molecule has 5 heteroatoms. The maximum absolute atomic E-state index is 12.2. The van der Waals surface area contributed by atoms with Crippen LogP contribution in [0.4, 0.5) is 0 Å². The smallest absolute Gasteiger partial charge is 0.309 e. The molecule has 0 heterocycles. The van der Waals surface area contributed by atoms with E-state index >= 15 is 0 Å². The molecule has 0 fully saturated rings. The van der Waals surface area contributed by atoms with E-state index in [4.69, 9.17) is 9.47 Å². The van der Waals surface area contributed by atoms with Gasteiger partial charge in [0.15, 0.2) is 0 Å². The molecule has 0 saturated carbocycles. The van der Waals surface area contributed by atoms with Crippen LogP contribution < -0.4 is 0 Å². The van der Waals surface area contributed by atoms with Gasteiger partial charge in [0.05, 0.1) is 37.0 Å². The molecule has 0 aliphatic carbocycles. The minimum Gasteiger partial charge on any atom is -0.466 e. The molecule has 0 amide bonds. The van der Waals surface area contributed by atoms with Gasteiger partial charge in [-0.1, -0.05) is 20.8 Å². The predicted octanol–water partition coefficient (Wildman–Crippen LogP) is 3.87. The number of ether oxygens (including phenoxy) is 2. The van der Waals surface area contributed by atoms with Gasteiger partial charge in [-0.15, -0.1) is 0 Å². The molecule has 2 atom stereocenters. The lowest BCUT2D eigenvalue weighted by molar-refractivity contribution is -0.155. The van der Waals surface area contributed by atoms with E-state index in [2.05, 4.69) is 19.9 Å². The van der Waals surface area contributed by atoms with E-state index in [-0.39, 0.29) is 19.6 Å². The SMILES string of the molecule is CCOC(=O)CC(CC(C#N)(CC)CCC(C)C)C(=O)OCC. The first-order chi connectivity index (χ1) is 10.8. The fourth-order valence-corrected chi connectivity index (χ4v) is 2.56. The van der Waals surface area contributed by atoms with Crippen molar-refractivity contribution < 1.29 is 19.1 Å². The van der Waals surface area contributed by atoms with Gasteiger partial charge in [-0.05, 0) is 45.4 Å². The van der Waals surface area contributed by atoms with Crippen LogP contribution in [0.2, 0.25) is 0 Å². The van der Waals surface area contributed by atoms with E-state index in [0.717, 1.165) is 12.8 Å². The monoisotopic (exact) mass is 325 g/mol. The number of hydrogen-bond donors (Lipinski definition) is 0. The second kappa shape index (κ2) is 11.0. The van der Waals surface area contributed by atoms with Gasteiger partial charge in [0.1, 0.15) is 0 Å². The number of nitriles is 1. The standard InChI is InChI=1S/C18H31NO4/c1-6-18(13-19,10-9-14(4)5)12-15(17(21)23-8-3)11-16(20)22-7-2/h14-15H,6-12H2,1-5H3. The summed E-state index contributed by atoms with van der Waals surface area (Å²) in [4.78, 5) is 24.0. The van der Waals surface area contributed by atoms with Crippen LogP contribution in [0.25, 0.3) is 0 Å². The highest BCUT2D eigenvalue weighted by Gasteiger charge is 2.36. The van der Waals surface area contributed by atoms with Gasteiger partial charge in [0.25, 0.3) is 0 Å². The van der Waals surface area contributed by atoms with Crippen molar-refractivity contribution in [1.82, 2.24) is 0 Å². The lowest BCUT2D eigenvalue weighted by Gasteiger charge is -2.29. The Balaban J connectivity index is 5.15. The molecule has 0 N–H and O–H groups in total. The Morgan fingerprint density at radius 2 is 1.74 bits per heavy atom. The number of carbonyl (C=O) groups is 2. The van der Waals surface area contributed by atoms with Crippen LogP contribution in [-0.4, -0.2) is 25.2 Å². The van der Waals surface area contributed by atoms with E-state index in [9.17, 15) is 14.9 Å². The van der Waals surface area contributed by atoms with E-state index in [0.29, 0.717) is 18.8 Å². The molecule has 0 saturated heterocycles. The van der Waals surface area contributed by atoms with Crippen molar-refractivity contribution in [1.29, 1.82) is 5.26 Å². The van der Waals surface area contributed by atoms with Gasteiger partial charge in [-0.3, -0.25) is 9.59 Å². The summed E-state index contributed by atoms with van der Waals surface area (Å²) in [7, 11) is 0. The van der Waals surface area contributed by atoms with Gasteiger partial charge < -0.3 is 9.47 Å². The topological polar surface area (TPSA) is 76.4 Å². The summed E-state index contributed by atoms with van der Waals surface area (Å²) in [6.07, 6.45) is 2.59. The summed E-state index contributed by atoms with van der Waals surface area (Å²) in [5, 5.41) is 9.67. The number of esters is 2. The first-order valence-electron chi connectivity index (χ1n) is 8.57. The molecular weight excluding hydrogens is 294 g/mol. The zero-order valence-corrected chi connectivity index (χ0v) is 15.2. The minimum atomic E-state index is -0.624. The zero-order valence-electron chi connectivity index (χ0n) is 15.2. The molecule has 0 bridgehead atoms. The van der Waals surface area contributed by atoms with E-state index < -0.39 is 23.3 Å². The molecule has 5 nitrogen and oxygen atoms in total. The second-order valence-electron chi connectivity index (χ2n) is 6.34. The quantitative estimate of drug-likeness (QED) is 0.539. The summed E-state index contributed by atoms with van der Waals surface area (Å²) in [6, 6.07) is 2.39. The molecule has 0 spiro atoms.